The zero-order chi connectivity index (χ0) is 39.3. The Bertz CT molecular complexity index is 964. The minimum Gasteiger partial charge on any atom is -0.756 e. The maximum Gasteiger partial charge on any atom is 0.306 e. The summed E-state index contributed by atoms with van der Waals surface area (Å²) in [7, 11) is 1.16. The monoisotopic (exact) mass is 772 g/mol. The van der Waals surface area contributed by atoms with E-state index in [1.54, 1.807) is 0 Å². The fourth-order valence-electron chi connectivity index (χ4n) is 5.76. The number of allylic oxidation sites excluding steroid dienone is 4. The Kier molecular flexibility index (Phi) is 35.1. The molecule has 0 aromatic rings. The number of likely N-dealkylation sites (N-methyl/N-ethyl adjacent to an activating group) is 1. The number of phosphoric ester groups is 1. The third-order valence-corrected chi connectivity index (χ3v) is 10.2. The maximum absolute atomic E-state index is 12.7. The molecule has 0 aliphatic rings. The Labute approximate surface area is 326 Å². The highest BCUT2D eigenvalue weighted by molar-refractivity contribution is 7.45. The van der Waals surface area contributed by atoms with E-state index in [9.17, 15) is 19.0 Å². The van der Waals surface area contributed by atoms with Crippen LogP contribution in [-0.2, 0) is 32.7 Å². The maximum atomic E-state index is 12.7. The first-order valence-corrected chi connectivity index (χ1v) is 23.0. The van der Waals surface area contributed by atoms with Gasteiger partial charge in [-0.2, -0.15) is 0 Å². The van der Waals surface area contributed by atoms with Gasteiger partial charge in [0, 0.05) is 12.8 Å². The van der Waals surface area contributed by atoms with Gasteiger partial charge in [0.05, 0.1) is 27.7 Å². The number of hydrogen-bond acceptors (Lipinski definition) is 8. The van der Waals surface area contributed by atoms with Crippen molar-refractivity contribution in [1.82, 2.24) is 0 Å². The summed E-state index contributed by atoms with van der Waals surface area (Å²) in [4.78, 5) is 37.4. The lowest BCUT2D eigenvalue weighted by atomic mass is 10.1. The van der Waals surface area contributed by atoms with Crippen LogP contribution in [-0.4, -0.2) is 70.0 Å². The van der Waals surface area contributed by atoms with Gasteiger partial charge in [-0.3, -0.25) is 14.2 Å². The van der Waals surface area contributed by atoms with Gasteiger partial charge >= 0.3 is 11.9 Å². The molecule has 10 heteroatoms. The summed E-state index contributed by atoms with van der Waals surface area (Å²) < 4.78 is 33.8. The van der Waals surface area contributed by atoms with Gasteiger partial charge in [0.2, 0.25) is 0 Å². The standard InChI is InChI=1S/C43H82NO8P/c1-6-8-10-12-14-16-18-20-21-22-23-24-26-28-30-32-34-36-43(46)52-41(40-51-53(47,48)50-38-37-44(3,4)5)39-49-42(45)35-33-31-29-27-25-19-17-15-13-11-9-7-2/h15,17,20-21,41H,6-14,16,18-19,22-40H2,1-5H3/b17-15-,21-20-. The van der Waals surface area contributed by atoms with Crippen LogP contribution in [0.25, 0.3) is 0 Å². The minimum atomic E-state index is -4.62. The molecular weight excluding hydrogens is 689 g/mol. The SMILES string of the molecule is CCCCC/C=C\CCCCCCCC(=O)OCC(COP(=O)([O-])OCC[N+](C)(C)C)OC(=O)CCCCCCCCC/C=C\CCCCCCCC. The molecule has 0 rings (SSSR count). The zero-order valence-corrected chi connectivity index (χ0v) is 35.9. The van der Waals surface area contributed by atoms with Crippen molar-refractivity contribution in [2.24, 2.45) is 0 Å². The number of hydrogen-bond donors (Lipinski definition) is 0. The normalized spacial score (nSPS) is 13.8. The predicted molar refractivity (Wildman–Crippen MR) is 218 cm³/mol. The van der Waals surface area contributed by atoms with Crippen molar-refractivity contribution >= 4 is 19.8 Å². The van der Waals surface area contributed by atoms with Gasteiger partial charge < -0.3 is 27.9 Å². The van der Waals surface area contributed by atoms with Gasteiger partial charge in [-0.1, -0.05) is 134 Å². The second kappa shape index (κ2) is 36.1. The fraction of sp³-hybridized carbons (Fsp3) is 0.860. The van der Waals surface area contributed by atoms with E-state index in [2.05, 4.69) is 38.2 Å². The van der Waals surface area contributed by atoms with Crippen LogP contribution in [0.4, 0.5) is 0 Å². The fourth-order valence-corrected chi connectivity index (χ4v) is 6.49. The number of phosphoric acid groups is 1. The third-order valence-electron chi connectivity index (χ3n) is 9.19. The van der Waals surface area contributed by atoms with Crippen molar-refractivity contribution < 1.29 is 42.1 Å². The molecular formula is C43H82NO8P. The molecule has 0 radical (unpaired) electrons. The lowest BCUT2D eigenvalue weighted by Gasteiger charge is -2.28. The Morgan fingerprint density at radius 2 is 0.962 bits per heavy atom. The van der Waals surface area contributed by atoms with Crippen LogP contribution in [0, 0.1) is 0 Å². The van der Waals surface area contributed by atoms with Crippen LogP contribution in [0.1, 0.15) is 187 Å². The van der Waals surface area contributed by atoms with Crippen molar-refractivity contribution in [2.45, 2.75) is 193 Å². The Morgan fingerprint density at radius 1 is 0.566 bits per heavy atom. The summed E-state index contributed by atoms with van der Waals surface area (Å²) in [5.74, 6) is -0.848. The molecule has 9 nitrogen and oxygen atoms in total. The first-order valence-electron chi connectivity index (χ1n) is 21.5. The molecule has 2 unspecified atom stereocenters. The molecule has 312 valence electrons. The highest BCUT2D eigenvalue weighted by atomic mass is 31.2. The van der Waals surface area contributed by atoms with E-state index in [-0.39, 0.29) is 26.1 Å². The summed E-state index contributed by atoms with van der Waals surface area (Å²) in [5.41, 5.74) is 0. The van der Waals surface area contributed by atoms with Gasteiger partial charge in [-0.15, -0.1) is 0 Å². The van der Waals surface area contributed by atoms with Crippen LogP contribution in [0.15, 0.2) is 24.3 Å². The highest BCUT2D eigenvalue weighted by Gasteiger charge is 2.21. The Hall–Kier alpha value is -1.51. The van der Waals surface area contributed by atoms with E-state index in [4.69, 9.17) is 18.5 Å². The van der Waals surface area contributed by atoms with Crippen LogP contribution in [0.2, 0.25) is 0 Å². The number of carbonyl (C=O) groups excluding carboxylic acids is 2. The molecule has 0 aromatic heterocycles. The topological polar surface area (TPSA) is 111 Å². The number of nitrogens with zero attached hydrogens (tertiary/aromatic N) is 1. The molecule has 2 atom stereocenters. The van der Waals surface area contributed by atoms with Gasteiger partial charge in [0.15, 0.2) is 6.10 Å². The molecule has 0 aliphatic carbocycles. The summed E-state index contributed by atoms with van der Waals surface area (Å²) in [6, 6.07) is 0. The van der Waals surface area contributed by atoms with E-state index in [1.807, 2.05) is 21.1 Å². The molecule has 0 fully saturated rings. The molecule has 0 aromatic carbocycles. The summed E-state index contributed by atoms with van der Waals surface area (Å²) in [5, 5.41) is 0. The van der Waals surface area contributed by atoms with Crippen LogP contribution < -0.4 is 4.89 Å². The van der Waals surface area contributed by atoms with Crippen LogP contribution >= 0.6 is 7.82 Å². The number of rotatable bonds is 39. The molecule has 0 amide bonds. The second-order valence-electron chi connectivity index (χ2n) is 15.7. The molecule has 0 N–H and O–H groups in total. The predicted octanol–water partition coefficient (Wildman–Crippen LogP) is 11.3. The van der Waals surface area contributed by atoms with Gasteiger partial charge in [-0.05, 0) is 64.2 Å². The Morgan fingerprint density at radius 3 is 1.43 bits per heavy atom. The molecule has 0 bridgehead atoms. The van der Waals surface area contributed by atoms with E-state index in [0.29, 0.717) is 17.4 Å². The quantitative estimate of drug-likeness (QED) is 0.0200. The average molecular weight is 772 g/mol. The van der Waals surface area contributed by atoms with Crippen LogP contribution in [0.3, 0.4) is 0 Å². The molecule has 0 saturated carbocycles. The number of unbranched alkanes of at least 4 members (excludes halogenated alkanes) is 21. The summed E-state index contributed by atoms with van der Waals surface area (Å²) in [6.45, 7) is 4.18. The highest BCUT2D eigenvalue weighted by Crippen LogP contribution is 2.38. The molecule has 53 heavy (non-hydrogen) atoms. The van der Waals surface area contributed by atoms with Crippen LogP contribution in [0.5, 0.6) is 0 Å². The van der Waals surface area contributed by atoms with Crippen molar-refractivity contribution in [1.29, 1.82) is 0 Å². The number of carbonyl (C=O) groups is 2. The minimum absolute atomic E-state index is 0.0319. The zero-order valence-electron chi connectivity index (χ0n) is 35.0. The molecule has 0 saturated heterocycles. The Balaban J connectivity index is 4.37. The lowest BCUT2D eigenvalue weighted by molar-refractivity contribution is -0.870. The summed E-state index contributed by atoms with van der Waals surface area (Å²) >= 11 is 0. The smallest absolute Gasteiger partial charge is 0.306 e. The molecule has 0 aliphatic heterocycles. The lowest BCUT2D eigenvalue weighted by Crippen LogP contribution is -2.37. The second-order valence-corrected chi connectivity index (χ2v) is 17.1. The largest absolute Gasteiger partial charge is 0.756 e. The van der Waals surface area contributed by atoms with Crippen molar-refractivity contribution in [2.75, 3.05) is 47.5 Å². The average Bonchev–Trinajstić information content (AvgIpc) is 3.10. The first-order chi connectivity index (χ1) is 25.5. The van der Waals surface area contributed by atoms with Gasteiger partial charge in [0.25, 0.3) is 7.82 Å². The van der Waals surface area contributed by atoms with Crippen molar-refractivity contribution in [3.8, 4) is 0 Å². The third kappa shape index (κ3) is 40.0. The van der Waals surface area contributed by atoms with Gasteiger partial charge in [-0.25, -0.2) is 0 Å². The van der Waals surface area contributed by atoms with Gasteiger partial charge in [0.1, 0.15) is 19.8 Å². The van der Waals surface area contributed by atoms with E-state index < -0.39 is 32.5 Å². The van der Waals surface area contributed by atoms with Crippen molar-refractivity contribution in [3.05, 3.63) is 24.3 Å². The van der Waals surface area contributed by atoms with E-state index in [0.717, 1.165) is 64.2 Å². The molecule has 0 spiro atoms. The number of esters is 2. The van der Waals surface area contributed by atoms with Crippen molar-refractivity contribution in [3.63, 3.8) is 0 Å². The molecule has 0 heterocycles. The number of quaternary nitrogens is 1. The first kappa shape index (κ1) is 51.5. The van der Waals surface area contributed by atoms with E-state index in [1.165, 1.54) is 89.9 Å². The summed E-state index contributed by atoms with van der Waals surface area (Å²) in [6.07, 6.45) is 37.7. The van der Waals surface area contributed by atoms with E-state index >= 15 is 0 Å². The number of ether oxygens (including phenoxy) is 2.